The Balaban J connectivity index is 2.39. The fourth-order valence-electron chi connectivity index (χ4n) is 2.37. The zero-order chi connectivity index (χ0) is 16.1. The van der Waals surface area contributed by atoms with Gasteiger partial charge in [0.05, 0.1) is 26.7 Å². The summed E-state index contributed by atoms with van der Waals surface area (Å²) >= 11 is 0. The molecule has 0 radical (unpaired) electrons. The number of esters is 1. The van der Waals surface area contributed by atoms with Gasteiger partial charge in [-0.15, -0.1) is 0 Å². The summed E-state index contributed by atoms with van der Waals surface area (Å²) < 4.78 is 16.4. The Morgan fingerprint density at radius 2 is 1.95 bits per heavy atom. The fourth-order valence-corrected chi connectivity index (χ4v) is 2.37. The summed E-state index contributed by atoms with van der Waals surface area (Å²) in [4.78, 5) is 23.5. The number of hydrogen-bond donors (Lipinski definition) is 0. The Morgan fingerprint density at radius 1 is 1.27 bits per heavy atom. The van der Waals surface area contributed by atoms with Gasteiger partial charge in [0.15, 0.2) is 0 Å². The van der Waals surface area contributed by atoms with E-state index in [0.29, 0.717) is 12.1 Å². The number of hydrogen-bond acceptors (Lipinski definition) is 5. The molecular formula is C16H19NO5. The van der Waals surface area contributed by atoms with Crippen molar-refractivity contribution in [3.8, 4) is 5.95 Å². The predicted octanol–water partition coefficient (Wildman–Crippen LogP) is 2.16. The van der Waals surface area contributed by atoms with Gasteiger partial charge in [0.25, 0.3) is 0 Å². The van der Waals surface area contributed by atoms with E-state index in [9.17, 15) is 9.59 Å². The molecule has 2 rings (SSSR count). The van der Waals surface area contributed by atoms with E-state index in [-0.39, 0.29) is 24.4 Å². The van der Waals surface area contributed by atoms with Crippen molar-refractivity contribution in [2.24, 2.45) is 0 Å². The van der Waals surface area contributed by atoms with Crippen LogP contribution in [-0.4, -0.2) is 24.8 Å². The van der Waals surface area contributed by atoms with Crippen molar-refractivity contribution in [2.75, 3.05) is 14.2 Å². The molecule has 1 aromatic heterocycles. The van der Waals surface area contributed by atoms with E-state index in [4.69, 9.17) is 9.15 Å². The molecule has 0 saturated heterocycles. The first-order valence-electron chi connectivity index (χ1n) is 6.98. The number of benzene rings is 1. The van der Waals surface area contributed by atoms with Crippen LogP contribution in [0.4, 0.5) is 0 Å². The van der Waals surface area contributed by atoms with Crippen LogP contribution in [0, 0.1) is 0 Å². The Morgan fingerprint density at radius 3 is 2.55 bits per heavy atom. The molecule has 0 fully saturated rings. The summed E-state index contributed by atoms with van der Waals surface area (Å²) in [6, 6.07) is 9.35. The molecule has 1 aromatic carbocycles. The molecule has 0 spiro atoms. The molecule has 1 unspecified atom stereocenters. The Hall–Kier alpha value is -2.50. The van der Waals surface area contributed by atoms with E-state index in [2.05, 4.69) is 4.74 Å². The molecule has 1 heterocycles. The molecular weight excluding hydrogens is 286 g/mol. The van der Waals surface area contributed by atoms with E-state index in [0.717, 1.165) is 5.56 Å². The SMILES string of the molecule is COC(=O)CCc1c(OC)oc(=O)n1C(C)c1ccccc1. The summed E-state index contributed by atoms with van der Waals surface area (Å²) in [5.41, 5.74) is 1.52. The molecule has 0 saturated carbocycles. The van der Waals surface area contributed by atoms with Crippen LogP contribution >= 0.6 is 0 Å². The lowest BCUT2D eigenvalue weighted by Gasteiger charge is -2.15. The highest BCUT2D eigenvalue weighted by atomic mass is 16.6. The maximum Gasteiger partial charge on any atom is 0.422 e. The van der Waals surface area contributed by atoms with Crippen LogP contribution in [0.2, 0.25) is 0 Å². The van der Waals surface area contributed by atoms with E-state index in [1.54, 1.807) is 0 Å². The molecule has 0 N–H and O–H groups in total. The number of oxazole rings is 1. The highest BCUT2D eigenvalue weighted by Gasteiger charge is 2.23. The third-order valence-corrected chi connectivity index (χ3v) is 3.55. The summed E-state index contributed by atoms with van der Waals surface area (Å²) in [6.45, 7) is 1.90. The average molecular weight is 305 g/mol. The van der Waals surface area contributed by atoms with Gasteiger partial charge in [0, 0.05) is 6.42 Å². The summed E-state index contributed by atoms with van der Waals surface area (Å²) in [6.07, 6.45) is 0.450. The van der Waals surface area contributed by atoms with Gasteiger partial charge in [-0.3, -0.25) is 9.36 Å². The van der Waals surface area contributed by atoms with E-state index in [1.807, 2.05) is 37.3 Å². The molecule has 0 aliphatic rings. The van der Waals surface area contributed by atoms with Gasteiger partial charge in [-0.25, -0.2) is 4.79 Å². The number of methoxy groups -OCH3 is 2. The molecule has 0 aliphatic carbocycles. The minimum atomic E-state index is -0.506. The third-order valence-electron chi connectivity index (χ3n) is 3.55. The maximum atomic E-state index is 12.1. The number of nitrogens with zero attached hydrogens (tertiary/aromatic N) is 1. The van der Waals surface area contributed by atoms with Gasteiger partial charge in [-0.05, 0) is 12.5 Å². The maximum absolute atomic E-state index is 12.1. The smallest absolute Gasteiger partial charge is 0.422 e. The zero-order valence-electron chi connectivity index (χ0n) is 12.9. The first kappa shape index (κ1) is 15.9. The second-order valence-corrected chi connectivity index (χ2v) is 4.84. The molecule has 6 heteroatoms. The van der Waals surface area contributed by atoms with Crippen molar-refractivity contribution in [1.82, 2.24) is 4.57 Å². The Labute approximate surface area is 128 Å². The second-order valence-electron chi connectivity index (χ2n) is 4.84. The Kier molecular flexibility index (Phi) is 5.04. The number of rotatable bonds is 6. The van der Waals surface area contributed by atoms with E-state index < -0.39 is 5.76 Å². The Bertz CT molecular complexity index is 686. The van der Waals surface area contributed by atoms with Crippen molar-refractivity contribution in [3.05, 3.63) is 52.1 Å². The summed E-state index contributed by atoms with van der Waals surface area (Å²) in [7, 11) is 2.76. The number of aromatic nitrogens is 1. The van der Waals surface area contributed by atoms with Gasteiger partial charge in [-0.1, -0.05) is 30.3 Å². The monoisotopic (exact) mass is 305 g/mol. The van der Waals surface area contributed by atoms with E-state index in [1.165, 1.54) is 18.8 Å². The molecule has 1 atom stereocenters. The lowest BCUT2D eigenvalue weighted by atomic mass is 10.1. The average Bonchev–Trinajstić information content (AvgIpc) is 2.88. The van der Waals surface area contributed by atoms with Crippen molar-refractivity contribution in [3.63, 3.8) is 0 Å². The second kappa shape index (κ2) is 6.98. The van der Waals surface area contributed by atoms with Crippen LogP contribution in [0.5, 0.6) is 5.95 Å². The standard InChI is InChI=1S/C16H19NO5/c1-11(12-7-5-4-6-8-12)17-13(9-10-14(18)20-2)15(21-3)22-16(17)19/h4-8,11H,9-10H2,1-3H3. The topological polar surface area (TPSA) is 70.7 Å². The minimum Gasteiger partial charge on any atom is -0.469 e. The highest BCUT2D eigenvalue weighted by molar-refractivity contribution is 5.69. The van der Waals surface area contributed by atoms with Crippen LogP contribution < -0.4 is 10.5 Å². The lowest BCUT2D eigenvalue weighted by Crippen LogP contribution is -2.22. The third kappa shape index (κ3) is 3.21. The number of carbonyl (C=O) groups is 1. The first-order chi connectivity index (χ1) is 10.6. The van der Waals surface area contributed by atoms with Crippen LogP contribution in [0.25, 0.3) is 0 Å². The van der Waals surface area contributed by atoms with E-state index >= 15 is 0 Å². The van der Waals surface area contributed by atoms with Gasteiger partial charge in [-0.2, -0.15) is 0 Å². The molecule has 2 aromatic rings. The summed E-state index contributed by atoms with van der Waals surface area (Å²) in [5.74, 6) is -0.723. The first-order valence-corrected chi connectivity index (χ1v) is 6.98. The summed E-state index contributed by atoms with van der Waals surface area (Å²) in [5, 5.41) is 0. The number of carbonyl (C=O) groups excluding carboxylic acids is 1. The molecule has 118 valence electrons. The molecule has 22 heavy (non-hydrogen) atoms. The van der Waals surface area contributed by atoms with Crippen molar-refractivity contribution < 1.29 is 18.7 Å². The quantitative estimate of drug-likeness (QED) is 0.765. The molecule has 0 bridgehead atoms. The van der Waals surface area contributed by atoms with Crippen molar-refractivity contribution >= 4 is 5.97 Å². The van der Waals surface area contributed by atoms with Crippen LogP contribution in [0.1, 0.15) is 30.6 Å². The normalized spacial score (nSPS) is 12.0. The van der Waals surface area contributed by atoms with Gasteiger partial charge in [0.2, 0.25) is 0 Å². The minimum absolute atomic E-state index is 0.136. The van der Waals surface area contributed by atoms with Crippen LogP contribution in [0.15, 0.2) is 39.5 Å². The van der Waals surface area contributed by atoms with Crippen molar-refractivity contribution in [2.45, 2.75) is 25.8 Å². The zero-order valence-corrected chi connectivity index (χ0v) is 12.9. The molecule has 0 aliphatic heterocycles. The largest absolute Gasteiger partial charge is 0.469 e. The predicted molar refractivity (Wildman–Crippen MR) is 80.1 cm³/mol. The van der Waals surface area contributed by atoms with Gasteiger partial charge in [0.1, 0.15) is 5.69 Å². The molecule has 0 amide bonds. The van der Waals surface area contributed by atoms with Crippen molar-refractivity contribution in [1.29, 1.82) is 0 Å². The van der Waals surface area contributed by atoms with Gasteiger partial charge >= 0.3 is 17.7 Å². The molecule has 6 nitrogen and oxygen atoms in total. The number of ether oxygens (including phenoxy) is 2. The van der Waals surface area contributed by atoms with Crippen LogP contribution in [-0.2, 0) is 16.0 Å². The van der Waals surface area contributed by atoms with Crippen LogP contribution in [0.3, 0.4) is 0 Å². The van der Waals surface area contributed by atoms with Gasteiger partial charge < -0.3 is 13.9 Å². The fraction of sp³-hybridized carbons (Fsp3) is 0.375. The lowest BCUT2D eigenvalue weighted by molar-refractivity contribution is -0.140. The highest BCUT2D eigenvalue weighted by Crippen LogP contribution is 2.25.